The third-order valence-corrected chi connectivity index (χ3v) is 4.50. The number of rotatable bonds is 7. The molecule has 26 heavy (non-hydrogen) atoms. The highest BCUT2D eigenvalue weighted by Gasteiger charge is 2.31. The molecular formula is C20H29NO5. The molecule has 0 atom stereocenters. The van der Waals surface area contributed by atoms with Gasteiger partial charge < -0.3 is 19.5 Å². The number of benzene rings is 1. The Morgan fingerprint density at radius 1 is 1.27 bits per heavy atom. The van der Waals surface area contributed by atoms with Crippen molar-refractivity contribution >= 4 is 12.1 Å². The molecule has 1 aliphatic rings. The highest BCUT2D eigenvalue weighted by atomic mass is 16.6. The monoisotopic (exact) mass is 363 g/mol. The lowest BCUT2D eigenvalue weighted by molar-refractivity contribution is 0.00682. The lowest BCUT2D eigenvalue weighted by Gasteiger charge is -2.38. The number of hydrogen-bond acceptors (Lipinski definition) is 4. The fourth-order valence-corrected chi connectivity index (χ4v) is 2.97. The molecule has 6 nitrogen and oxygen atoms in total. The summed E-state index contributed by atoms with van der Waals surface area (Å²) in [6.07, 6.45) is 4.36. The van der Waals surface area contributed by atoms with Crippen LogP contribution in [0.1, 0.15) is 62.4 Å². The van der Waals surface area contributed by atoms with Gasteiger partial charge in [-0.25, -0.2) is 9.59 Å². The molecular weight excluding hydrogens is 334 g/mol. The molecule has 1 N–H and O–H groups in total. The number of carboxylic acid groups (broad SMARTS) is 1. The van der Waals surface area contributed by atoms with E-state index in [2.05, 4.69) is 0 Å². The summed E-state index contributed by atoms with van der Waals surface area (Å²) >= 11 is 0. The van der Waals surface area contributed by atoms with Gasteiger partial charge in [-0.1, -0.05) is 6.07 Å². The molecule has 144 valence electrons. The molecule has 0 heterocycles. The smallest absolute Gasteiger partial charge is 0.410 e. The third-order valence-electron chi connectivity index (χ3n) is 4.50. The number of carboxylic acids is 1. The van der Waals surface area contributed by atoms with Gasteiger partial charge in [0.25, 0.3) is 0 Å². The second-order valence-electron chi connectivity index (χ2n) is 7.70. The predicted octanol–water partition coefficient (Wildman–Crippen LogP) is 4.12. The molecule has 0 unspecified atom stereocenters. The fourth-order valence-electron chi connectivity index (χ4n) is 2.97. The van der Waals surface area contributed by atoms with Crippen LogP contribution in [0, 0.1) is 0 Å². The molecule has 0 aromatic heterocycles. The van der Waals surface area contributed by atoms with E-state index in [9.17, 15) is 14.7 Å². The van der Waals surface area contributed by atoms with E-state index in [0.717, 1.165) is 31.2 Å². The summed E-state index contributed by atoms with van der Waals surface area (Å²) < 4.78 is 10.6. The molecule has 1 aromatic rings. The first-order chi connectivity index (χ1) is 12.2. The molecule has 1 aliphatic carbocycles. The maximum Gasteiger partial charge on any atom is 0.410 e. The topological polar surface area (TPSA) is 76.1 Å². The molecule has 0 aliphatic heterocycles. The minimum absolute atomic E-state index is 0.160. The number of ether oxygens (including phenoxy) is 2. The van der Waals surface area contributed by atoms with Crippen molar-refractivity contribution < 1.29 is 24.2 Å². The zero-order chi connectivity index (χ0) is 19.3. The Bertz CT molecular complexity index is 646. The minimum Gasteiger partial charge on any atom is -0.496 e. The zero-order valence-electron chi connectivity index (χ0n) is 16.1. The van der Waals surface area contributed by atoms with Gasteiger partial charge in [0.05, 0.1) is 7.11 Å². The van der Waals surface area contributed by atoms with E-state index in [4.69, 9.17) is 9.47 Å². The van der Waals surface area contributed by atoms with Crippen molar-refractivity contribution in [3.63, 3.8) is 0 Å². The highest BCUT2D eigenvalue weighted by molar-refractivity contribution is 5.91. The maximum atomic E-state index is 12.5. The van der Waals surface area contributed by atoms with Gasteiger partial charge in [0.1, 0.15) is 16.9 Å². The van der Waals surface area contributed by atoms with Crippen LogP contribution in [-0.2, 0) is 11.2 Å². The number of hydrogen-bond donors (Lipinski definition) is 1. The predicted molar refractivity (Wildman–Crippen MR) is 98.9 cm³/mol. The van der Waals surface area contributed by atoms with Crippen LogP contribution in [0.4, 0.5) is 4.79 Å². The van der Waals surface area contributed by atoms with Crippen LogP contribution in [0.25, 0.3) is 0 Å². The zero-order valence-corrected chi connectivity index (χ0v) is 16.1. The minimum atomic E-state index is -1.01. The summed E-state index contributed by atoms with van der Waals surface area (Å²) in [6.45, 7) is 6.21. The Hall–Kier alpha value is -2.24. The number of carbonyl (C=O) groups is 2. The Kier molecular flexibility index (Phi) is 6.51. The number of nitrogens with zero attached hydrogens (tertiary/aromatic N) is 1. The second-order valence-corrected chi connectivity index (χ2v) is 7.70. The Morgan fingerprint density at radius 3 is 2.46 bits per heavy atom. The summed E-state index contributed by atoms with van der Waals surface area (Å²) in [6, 6.07) is 5.45. The lowest BCUT2D eigenvalue weighted by Crippen LogP contribution is -2.47. The van der Waals surface area contributed by atoms with E-state index in [1.807, 2.05) is 31.7 Å². The number of methoxy groups -OCH3 is 1. The van der Waals surface area contributed by atoms with Crippen LogP contribution in [0.5, 0.6) is 5.75 Å². The third kappa shape index (κ3) is 5.38. The van der Waals surface area contributed by atoms with E-state index in [1.165, 1.54) is 7.11 Å². The summed E-state index contributed by atoms with van der Waals surface area (Å²) in [5, 5.41) is 9.28. The molecule has 0 saturated heterocycles. The van der Waals surface area contributed by atoms with Gasteiger partial charge in [-0.2, -0.15) is 0 Å². The van der Waals surface area contributed by atoms with Crippen molar-refractivity contribution in [2.75, 3.05) is 13.7 Å². The molecule has 1 fully saturated rings. The largest absolute Gasteiger partial charge is 0.496 e. The van der Waals surface area contributed by atoms with Crippen LogP contribution >= 0.6 is 0 Å². The lowest BCUT2D eigenvalue weighted by atomic mass is 9.91. The van der Waals surface area contributed by atoms with Crippen molar-refractivity contribution in [3.8, 4) is 5.75 Å². The van der Waals surface area contributed by atoms with E-state index in [0.29, 0.717) is 18.7 Å². The van der Waals surface area contributed by atoms with Gasteiger partial charge in [-0.3, -0.25) is 0 Å². The standard InChI is InChI=1S/C20H29NO5/c1-20(2,3)26-19(24)21(15-8-5-9-15)12-6-7-14-10-11-17(25-4)16(13-14)18(22)23/h10-11,13,15H,5-9,12H2,1-4H3,(H,22,23). The summed E-state index contributed by atoms with van der Waals surface area (Å²) in [5.41, 5.74) is 0.569. The van der Waals surface area contributed by atoms with Crippen molar-refractivity contribution in [1.82, 2.24) is 4.90 Å². The van der Waals surface area contributed by atoms with Gasteiger partial charge >= 0.3 is 12.1 Å². The molecule has 1 aromatic carbocycles. The van der Waals surface area contributed by atoms with Crippen LogP contribution in [0.3, 0.4) is 0 Å². The molecule has 6 heteroatoms. The first-order valence-electron chi connectivity index (χ1n) is 9.11. The number of aromatic carboxylic acids is 1. The van der Waals surface area contributed by atoms with Crippen LogP contribution < -0.4 is 4.74 Å². The summed E-state index contributed by atoms with van der Waals surface area (Å²) in [4.78, 5) is 25.6. The first kappa shape index (κ1) is 20.1. The molecule has 0 bridgehead atoms. The quantitative estimate of drug-likeness (QED) is 0.789. The van der Waals surface area contributed by atoms with Crippen molar-refractivity contribution in [1.29, 1.82) is 0 Å². The Morgan fingerprint density at radius 2 is 1.96 bits per heavy atom. The molecule has 0 radical (unpaired) electrons. The Balaban J connectivity index is 1.98. The van der Waals surface area contributed by atoms with Gasteiger partial charge in [-0.15, -0.1) is 0 Å². The summed E-state index contributed by atoms with van der Waals surface area (Å²) in [5.74, 6) is -0.653. The molecule has 1 saturated carbocycles. The summed E-state index contributed by atoms with van der Waals surface area (Å²) in [7, 11) is 1.46. The number of amides is 1. The number of aryl methyl sites for hydroxylation is 1. The van der Waals surface area contributed by atoms with Crippen molar-refractivity contribution in [3.05, 3.63) is 29.3 Å². The SMILES string of the molecule is COc1ccc(CCCN(C(=O)OC(C)(C)C)C2CCC2)cc1C(=O)O. The molecule has 1 amide bonds. The van der Waals surface area contributed by atoms with Gasteiger partial charge in [0.2, 0.25) is 0 Å². The average molecular weight is 363 g/mol. The highest BCUT2D eigenvalue weighted by Crippen LogP contribution is 2.27. The molecule has 2 rings (SSSR count). The van der Waals surface area contributed by atoms with E-state index >= 15 is 0 Å². The number of carbonyl (C=O) groups excluding carboxylic acids is 1. The second kappa shape index (κ2) is 8.43. The van der Waals surface area contributed by atoms with E-state index < -0.39 is 11.6 Å². The van der Waals surface area contributed by atoms with Crippen molar-refractivity contribution in [2.24, 2.45) is 0 Å². The fraction of sp³-hybridized carbons (Fsp3) is 0.600. The van der Waals surface area contributed by atoms with Gasteiger partial charge in [0.15, 0.2) is 0 Å². The normalized spacial score (nSPS) is 14.5. The first-order valence-corrected chi connectivity index (χ1v) is 9.11. The maximum absolute atomic E-state index is 12.5. The van der Waals surface area contributed by atoms with Crippen LogP contribution in [-0.4, -0.2) is 47.4 Å². The van der Waals surface area contributed by atoms with E-state index in [-0.39, 0.29) is 17.7 Å². The average Bonchev–Trinajstić information content (AvgIpc) is 2.50. The van der Waals surface area contributed by atoms with Gasteiger partial charge in [0, 0.05) is 12.6 Å². The molecule has 0 spiro atoms. The van der Waals surface area contributed by atoms with Gasteiger partial charge in [-0.05, 0) is 70.6 Å². The van der Waals surface area contributed by atoms with Crippen LogP contribution in [0.2, 0.25) is 0 Å². The van der Waals surface area contributed by atoms with Crippen molar-refractivity contribution in [2.45, 2.75) is 64.5 Å². The Labute approximate surface area is 155 Å². The van der Waals surface area contributed by atoms with Crippen LogP contribution in [0.15, 0.2) is 18.2 Å². The van der Waals surface area contributed by atoms with E-state index in [1.54, 1.807) is 12.1 Å².